The van der Waals surface area contributed by atoms with Crippen LogP contribution in [-0.2, 0) is 25.5 Å². The first-order chi connectivity index (χ1) is 10.0. The van der Waals surface area contributed by atoms with E-state index in [-0.39, 0.29) is 17.3 Å². The Balaban J connectivity index is 2.84. The van der Waals surface area contributed by atoms with Crippen LogP contribution >= 0.6 is 0 Å². The van der Waals surface area contributed by atoms with E-state index >= 15 is 0 Å². The lowest BCUT2D eigenvalue weighted by molar-refractivity contribution is -0.140. The third-order valence-electron chi connectivity index (χ3n) is 2.68. The maximum Gasteiger partial charge on any atom is 0.416 e. The molecule has 0 saturated carbocycles. The molecule has 0 bridgehead atoms. The Morgan fingerprint density at radius 3 is 2.18 bits per heavy atom. The van der Waals surface area contributed by atoms with E-state index in [1.54, 1.807) is 0 Å². The van der Waals surface area contributed by atoms with Gasteiger partial charge in [-0.05, 0) is 37.3 Å². The molecular formula is C14H15F3O4S. The zero-order valence-electron chi connectivity index (χ0n) is 12.0. The molecule has 0 aliphatic carbocycles. The van der Waals surface area contributed by atoms with Crippen molar-refractivity contribution in [1.29, 1.82) is 0 Å². The van der Waals surface area contributed by atoms with Crippen molar-refractivity contribution in [1.82, 2.24) is 0 Å². The summed E-state index contributed by atoms with van der Waals surface area (Å²) in [5.74, 6) is -0.853. The van der Waals surface area contributed by atoms with Gasteiger partial charge in [0.2, 0.25) is 0 Å². The lowest BCUT2D eigenvalue weighted by Gasteiger charge is -2.09. The summed E-state index contributed by atoms with van der Waals surface area (Å²) < 4.78 is 66.1. The highest BCUT2D eigenvalue weighted by Gasteiger charge is 2.30. The summed E-state index contributed by atoms with van der Waals surface area (Å²) in [7, 11) is -3.75. The summed E-state index contributed by atoms with van der Waals surface area (Å²) in [5.41, 5.74) is -0.477. The average molecular weight is 336 g/mol. The third-order valence-corrected chi connectivity index (χ3v) is 4.50. The van der Waals surface area contributed by atoms with Gasteiger partial charge >= 0.3 is 12.1 Å². The topological polar surface area (TPSA) is 60.4 Å². The number of hydrogen-bond donors (Lipinski definition) is 0. The molecule has 22 heavy (non-hydrogen) atoms. The average Bonchev–Trinajstić information content (AvgIpc) is 2.36. The van der Waals surface area contributed by atoms with Crippen LogP contribution in [-0.4, -0.2) is 26.7 Å². The van der Waals surface area contributed by atoms with Crippen LogP contribution < -0.4 is 0 Å². The van der Waals surface area contributed by atoms with Gasteiger partial charge in [0, 0.05) is 6.92 Å². The quantitative estimate of drug-likeness (QED) is 0.613. The lowest BCUT2D eigenvalue weighted by Crippen LogP contribution is -2.10. The largest absolute Gasteiger partial charge is 0.462 e. The van der Waals surface area contributed by atoms with Crippen LogP contribution in [0.3, 0.4) is 0 Å². The maximum atomic E-state index is 12.4. The highest BCUT2D eigenvalue weighted by Crippen LogP contribution is 2.30. The minimum absolute atomic E-state index is 0.0519. The Morgan fingerprint density at radius 1 is 1.18 bits per heavy atom. The molecule has 0 heterocycles. The van der Waals surface area contributed by atoms with Crippen LogP contribution in [0.5, 0.6) is 0 Å². The van der Waals surface area contributed by atoms with E-state index in [1.165, 1.54) is 19.9 Å². The molecule has 1 rings (SSSR count). The summed E-state index contributed by atoms with van der Waals surface area (Å²) in [6.07, 6.45) is -3.08. The molecule has 8 heteroatoms. The Labute approximate surface area is 126 Å². The van der Waals surface area contributed by atoms with Crippen LogP contribution in [0, 0.1) is 0 Å². The van der Waals surface area contributed by atoms with Crippen molar-refractivity contribution in [2.45, 2.75) is 24.9 Å². The molecule has 0 fully saturated rings. The predicted octanol–water partition coefficient (Wildman–Crippen LogP) is 2.99. The monoisotopic (exact) mass is 336 g/mol. The van der Waals surface area contributed by atoms with E-state index in [9.17, 15) is 26.4 Å². The number of halogens is 3. The highest BCUT2D eigenvalue weighted by atomic mass is 32.2. The fourth-order valence-electron chi connectivity index (χ4n) is 1.59. The highest BCUT2D eigenvalue weighted by molar-refractivity contribution is 7.91. The molecule has 1 aromatic rings. The Hall–Kier alpha value is -1.83. The number of carbonyl (C=O) groups is 1. The summed E-state index contributed by atoms with van der Waals surface area (Å²) >= 11 is 0. The molecule has 0 saturated heterocycles. The van der Waals surface area contributed by atoms with Crippen molar-refractivity contribution in [3.63, 3.8) is 0 Å². The normalized spacial score (nSPS) is 13.0. The minimum atomic E-state index is -4.51. The first-order valence-corrected chi connectivity index (χ1v) is 7.86. The second kappa shape index (κ2) is 6.95. The predicted molar refractivity (Wildman–Crippen MR) is 73.9 cm³/mol. The Bertz CT molecular complexity index is 658. The molecule has 0 unspecified atom stereocenters. The van der Waals surface area contributed by atoms with Gasteiger partial charge in [-0.25, -0.2) is 8.42 Å². The summed E-state index contributed by atoms with van der Waals surface area (Å²) in [6.45, 7) is 2.71. The number of sulfone groups is 1. The van der Waals surface area contributed by atoms with Crippen molar-refractivity contribution in [3.05, 3.63) is 41.5 Å². The van der Waals surface area contributed by atoms with Crippen LogP contribution in [0.4, 0.5) is 13.2 Å². The van der Waals surface area contributed by atoms with Crippen molar-refractivity contribution in [3.8, 4) is 0 Å². The first-order valence-electron chi connectivity index (χ1n) is 6.21. The Kier molecular flexibility index (Phi) is 5.76. The molecule has 0 radical (unpaired) electrons. The molecule has 0 spiro atoms. The van der Waals surface area contributed by atoms with Gasteiger partial charge in [0.25, 0.3) is 0 Å². The summed E-state index contributed by atoms with van der Waals surface area (Å²) in [6, 6.07) is 3.31. The number of rotatable bonds is 5. The van der Waals surface area contributed by atoms with E-state index in [2.05, 4.69) is 4.74 Å². The first kappa shape index (κ1) is 18.2. The molecule has 0 aliphatic rings. The molecule has 0 amide bonds. The van der Waals surface area contributed by atoms with Crippen LogP contribution in [0.15, 0.2) is 40.8 Å². The van der Waals surface area contributed by atoms with Gasteiger partial charge in [-0.15, -0.1) is 0 Å². The molecular weight excluding hydrogens is 321 g/mol. The lowest BCUT2D eigenvalue weighted by atomic mass is 10.2. The second-order valence-electron chi connectivity index (χ2n) is 4.63. The molecule has 0 atom stereocenters. The van der Waals surface area contributed by atoms with Crippen molar-refractivity contribution < 1.29 is 31.1 Å². The maximum absolute atomic E-state index is 12.4. The van der Waals surface area contributed by atoms with Crippen LogP contribution in [0.2, 0.25) is 0 Å². The number of esters is 1. The van der Waals surface area contributed by atoms with E-state index in [0.29, 0.717) is 5.57 Å². The summed E-state index contributed by atoms with van der Waals surface area (Å²) in [4.78, 5) is 10.4. The van der Waals surface area contributed by atoms with E-state index in [4.69, 9.17) is 0 Å². The SMILES string of the molecule is CC(=O)OC/C=C(\C)CS(=O)(=O)c1ccc(C(F)(F)F)cc1. The van der Waals surface area contributed by atoms with Crippen LogP contribution in [0.1, 0.15) is 19.4 Å². The number of alkyl halides is 3. The standard InChI is InChI=1S/C14H15F3O4S/c1-10(7-8-21-11(2)18)9-22(19,20)13-5-3-12(4-6-13)14(15,16)17/h3-7H,8-9H2,1-2H3/b10-7+. The molecule has 0 N–H and O–H groups in total. The zero-order valence-corrected chi connectivity index (χ0v) is 12.8. The van der Waals surface area contributed by atoms with Gasteiger partial charge in [-0.3, -0.25) is 4.79 Å². The van der Waals surface area contributed by atoms with Gasteiger partial charge in [0.05, 0.1) is 16.2 Å². The smallest absolute Gasteiger partial charge is 0.416 e. The van der Waals surface area contributed by atoms with E-state index in [1.807, 2.05) is 0 Å². The van der Waals surface area contributed by atoms with E-state index in [0.717, 1.165) is 24.3 Å². The van der Waals surface area contributed by atoms with Gasteiger partial charge < -0.3 is 4.74 Å². The van der Waals surface area contributed by atoms with E-state index < -0.39 is 27.5 Å². The van der Waals surface area contributed by atoms with Crippen molar-refractivity contribution >= 4 is 15.8 Å². The second-order valence-corrected chi connectivity index (χ2v) is 6.62. The fraction of sp³-hybridized carbons (Fsp3) is 0.357. The van der Waals surface area contributed by atoms with Gasteiger partial charge in [-0.1, -0.05) is 5.57 Å². The van der Waals surface area contributed by atoms with Gasteiger partial charge in [0.1, 0.15) is 6.61 Å². The van der Waals surface area contributed by atoms with Crippen molar-refractivity contribution in [2.75, 3.05) is 12.4 Å². The van der Waals surface area contributed by atoms with Crippen molar-refractivity contribution in [2.24, 2.45) is 0 Å². The molecule has 0 aromatic heterocycles. The fourth-order valence-corrected chi connectivity index (χ4v) is 3.03. The molecule has 122 valence electrons. The number of benzene rings is 1. The van der Waals surface area contributed by atoms with Gasteiger partial charge in [0.15, 0.2) is 9.84 Å². The van der Waals surface area contributed by atoms with Crippen LogP contribution in [0.25, 0.3) is 0 Å². The molecule has 0 aliphatic heterocycles. The number of carbonyl (C=O) groups excluding carboxylic acids is 1. The molecule has 1 aromatic carbocycles. The Morgan fingerprint density at radius 2 is 1.73 bits per heavy atom. The third kappa shape index (κ3) is 5.51. The number of ether oxygens (including phenoxy) is 1. The molecule has 4 nitrogen and oxygen atoms in total. The summed E-state index contributed by atoms with van der Waals surface area (Å²) in [5, 5.41) is 0. The number of hydrogen-bond acceptors (Lipinski definition) is 4. The van der Waals surface area contributed by atoms with Gasteiger partial charge in [-0.2, -0.15) is 13.2 Å². The minimum Gasteiger partial charge on any atom is -0.462 e. The zero-order chi connectivity index (χ0) is 17.0.